The smallest absolute Gasteiger partial charge is 0.342 e. The zero-order chi connectivity index (χ0) is 25.1. The molecule has 0 bridgehead atoms. The first-order valence-electron chi connectivity index (χ1n) is 11.5. The zero-order valence-electron chi connectivity index (χ0n) is 19.6. The lowest BCUT2D eigenvalue weighted by Gasteiger charge is -2.26. The molecule has 0 aromatic heterocycles. The SMILES string of the molecule is CCC(C)OP(=O)(O)C(F)(F)c1ccc(CCN(CC)C(=O)C2CC2c2ccccc2)cc1Br. The molecule has 4 atom stereocenters. The Balaban J connectivity index is 1.65. The standard InChI is InChI=1S/C25H31BrF2NO4P/c1-4-17(3)33-34(31,32)25(27,28)22-12-11-18(15-23(22)26)13-14-29(5-2)24(30)21-16-20(21)19-9-7-6-8-10-19/h6-12,15,17,20-21H,4-5,13-14,16H2,1-3H3,(H,31,32). The molecule has 186 valence electrons. The Bertz CT molecular complexity index is 1050. The summed E-state index contributed by atoms with van der Waals surface area (Å²) in [6.45, 7) is 6.11. The average Bonchev–Trinajstić information content (AvgIpc) is 3.60. The molecular weight excluding hydrogens is 527 g/mol. The highest BCUT2D eigenvalue weighted by molar-refractivity contribution is 9.10. The van der Waals surface area contributed by atoms with E-state index in [0.29, 0.717) is 25.9 Å². The highest BCUT2D eigenvalue weighted by Crippen LogP contribution is 2.64. The molecule has 1 saturated carbocycles. The number of alkyl halides is 2. The molecule has 0 saturated heterocycles. The molecule has 0 radical (unpaired) electrons. The van der Waals surface area contributed by atoms with E-state index in [1.807, 2.05) is 37.3 Å². The van der Waals surface area contributed by atoms with Gasteiger partial charge in [0.2, 0.25) is 5.91 Å². The van der Waals surface area contributed by atoms with E-state index in [9.17, 15) is 23.0 Å². The highest BCUT2D eigenvalue weighted by Gasteiger charge is 2.54. The predicted molar refractivity (Wildman–Crippen MR) is 132 cm³/mol. The number of hydrogen-bond donors (Lipinski definition) is 1. The molecule has 0 heterocycles. The molecule has 0 aliphatic heterocycles. The van der Waals surface area contributed by atoms with Crippen LogP contribution in [-0.4, -0.2) is 34.9 Å². The highest BCUT2D eigenvalue weighted by atomic mass is 79.9. The Morgan fingerprint density at radius 3 is 2.53 bits per heavy atom. The molecule has 0 spiro atoms. The molecule has 4 unspecified atom stereocenters. The number of carbonyl (C=O) groups excluding carboxylic acids is 1. The molecule has 34 heavy (non-hydrogen) atoms. The quantitative estimate of drug-likeness (QED) is 0.312. The number of rotatable bonds is 11. The maximum Gasteiger partial charge on any atom is 0.402 e. The minimum Gasteiger partial charge on any atom is -0.342 e. The molecule has 5 nitrogen and oxygen atoms in total. The maximum atomic E-state index is 14.8. The van der Waals surface area contributed by atoms with E-state index in [0.717, 1.165) is 18.1 Å². The fraction of sp³-hybridized carbons (Fsp3) is 0.480. The Kier molecular flexibility index (Phi) is 8.72. The van der Waals surface area contributed by atoms with Crippen LogP contribution in [0, 0.1) is 5.92 Å². The summed E-state index contributed by atoms with van der Waals surface area (Å²) in [6.07, 6.45) is 0.882. The van der Waals surface area contributed by atoms with E-state index >= 15 is 0 Å². The van der Waals surface area contributed by atoms with Crippen molar-refractivity contribution in [3.63, 3.8) is 0 Å². The summed E-state index contributed by atoms with van der Waals surface area (Å²) in [5.74, 6) is 0.353. The molecule has 9 heteroatoms. The van der Waals surface area contributed by atoms with Crippen LogP contribution in [0.4, 0.5) is 8.78 Å². The summed E-state index contributed by atoms with van der Waals surface area (Å²) in [5, 5.41) is 0. The Morgan fingerprint density at radius 2 is 1.94 bits per heavy atom. The number of amides is 1. The third kappa shape index (κ3) is 5.96. The van der Waals surface area contributed by atoms with Gasteiger partial charge in [-0.25, -0.2) is 0 Å². The normalized spacial score (nSPS) is 20.4. The third-order valence-electron chi connectivity index (χ3n) is 6.31. The van der Waals surface area contributed by atoms with Gasteiger partial charge in [0.05, 0.1) is 6.10 Å². The van der Waals surface area contributed by atoms with Gasteiger partial charge in [-0.2, -0.15) is 8.78 Å². The second-order valence-corrected chi connectivity index (χ2v) is 11.4. The Labute approximate surface area is 208 Å². The lowest BCUT2D eigenvalue weighted by Crippen LogP contribution is -2.34. The largest absolute Gasteiger partial charge is 0.402 e. The van der Waals surface area contributed by atoms with Gasteiger partial charge < -0.3 is 14.3 Å². The average molecular weight is 558 g/mol. The second-order valence-electron chi connectivity index (χ2n) is 8.73. The number of benzene rings is 2. The van der Waals surface area contributed by atoms with Crippen LogP contribution < -0.4 is 0 Å². The topological polar surface area (TPSA) is 66.8 Å². The van der Waals surface area contributed by atoms with E-state index in [4.69, 9.17) is 4.52 Å². The maximum absolute atomic E-state index is 14.8. The Hall–Kier alpha value is -1.60. The van der Waals surface area contributed by atoms with Crippen LogP contribution in [-0.2, 0) is 26.0 Å². The molecule has 3 rings (SSSR count). The van der Waals surface area contributed by atoms with Gasteiger partial charge in [-0.1, -0.05) is 65.3 Å². The molecule has 2 aromatic carbocycles. The van der Waals surface area contributed by atoms with E-state index in [-0.39, 0.29) is 22.2 Å². The first-order valence-corrected chi connectivity index (χ1v) is 13.9. The van der Waals surface area contributed by atoms with Crippen LogP contribution in [0.2, 0.25) is 0 Å². The molecule has 1 fully saturated rings. The van der Waals surface area contributed by atoms with Crippen LogP contribution in [0.3, 0.4) is 0 Å². The first-order chi connectivity index (χ1) is 16.0. The van der Waals surface area contributed by atoms with Gasteiger partial charge in [-0.05, 0) is 56.2 Å². The molecule has 1 aliphatic carbocycles. The minimum atomic E-state index is -5.23. The van der Waals surface area contributed by atoms with Gasteiger partial charge >= 0.3 is 13.3 Å². The summed E-state index contributed by atoms with van der Waals surface area (Å²) in [5.41, 5.74) is -2.74. The second kappa shape index (κ2) is 11.0. The zero-order valence-corrected chi connectivity index (χ0v) is 22.1. The minimum absolute atomic E-state index is 0.0145. The van der Waals surface area contributed by atoms with E-state index in [2.05, 4.69) is 15.9 Å². The van der Waals surface area contributed by atoms with Crippen molar-refractivity contribution in [3.8, 4) is 0 Å². The van der Waals surface area contributed by atoms with Crippen molar-refractivity contribution >= 4 is 29.4 Å². The molecule has 1 N–H and O–H groups in total. The summed E-state index contributed by atoms with van der Waals surface area (Å²) in [7, 11) is -5.23. The number of hydrogen-bond acceptors (Lipinski definition) is 3. The summed E-state index contributed by atoms with van der Waals surface area (Å²) < 4.78 is 46.8. The molecule has 1 amide bonds. The number of nitrogens with zero attached hydrogens (tertiary/aromatic N) is 1. The number of halogens is 3. The van der Waals surface area contributed by atoms with Gasteiger partial charge in [0.15, 0.2) is 0 Å². The van der Waals surface area contributed by atoms with Crippen molar-refractivity contribution in [1.82, 2.24) is 4.90 Å². The van der Waals surface area contributed by atoms with Gasteiger partial charge in [0.25, 0.3) is 0 Å². The molecule has 2 aromatic rings. The predicted octanol–water partition coefficient (Wildman–Crippen LogP) is 6.69. The van der Waals surface area contributed by atoms with Crippen LogP contribution in [0.25, 0.3) is 0 Å². The third-order valence-corrected chi connectivity index (χ3v) is 8.56. The van der Waals surface area contributed by atoms with Gasteiger partial charge in [-0.3, -0.25) is 9.36 Å². The lowest BCUT2D eigenvalue weighted by molar-refractivity contribution is -0.132. The van der Waals surface area contributed by atoms with Crippen molar-refractivity contribution in [3.05, 3.63) is 69.7 Å². The Morgan fingerprint density at radius 1 is 1.26 bits per heavy atom. The van der Waals surface area contributed by atoms with Crippen LogP contribution in [0.15, 0.2) is 53.0 Å². The van der Waals surface area contributed by atoms with Crippen molar-refractivity contribution in [2.45, 2.75) is 57.7 Å². The van der Waals surface area contributed by atoms with E-state index < -0.39 is 24.9 Å². The summed E-state index contributed by atoms with van der Waals surface area (Å²) in [6, 6.07) is 14.2. The van der Waals surface area contributed by atoms with Crippen molar-refractivity contribution in [2.75, 3.05) is 13.1 Å². The van der Waals surface area contributed by atoms with Gasteiger partial charge in [0.1, 0.15) is 0 Å². The van der Waals surface area contributed by atoms with Gasteiger partial charge in [-0.15, -0.1) is 0 Å². The molecular formula is C25H31BrF2NO4P. The van der Waals surface area contributed by atoms with Crippen molar-refractivity contribution < 1.29 is 27.6 Å². The van der Waals surface area contributed by atoms with Crippen LogP contribution in [0.5, 0.6) is 0 Å². The van der Waals surface area contributed by atoms with Crippen LogP contribution >= 0.6 is 23.5 Å². The van der Waals surface area contributed by atoms with Crippen molar-refractivity contribution in [2.24, 2.45) is 5.92 Å². The fourth-order valence-corrected chi connectivity index (χ4v) is 6.05. The lowest BCUT2D eigenvalue weighted by atomic mass is 10.1. The number of carbonyl (C=O) groups is 1. The van der Waals surface area contributed by atoms with Crippen molar-refractivity contribution in [1.29, 1.82) is 0 Å². The van der Waals surface area contributed by atoms with E-state index in [1.54, 1.807) is 11.8 Å². The van der Waals surface area contributed by atoms with E-state index in [1.165, 1.54) is 24.6 Å². The number of likely N-dealkylation sites (N-methyl/N-ethyl adjacent to an activating group) is 1. The molecule has 1 aliphatic rings. The summed E-state index contributed by atoms with van der Waals surface area (Å²) in [4.78, 5) is 24.7. The first kappa shape index (κ1) is 27.0. The van der Waals surface area contributed by atoms with Crippen LogP contribution in [0.1, 0.15) is 56.2 Å². The van der Waals surface area contributed by atoms with Gasteiger partial charge in [0, 0.05) is 29.0 Å². The fourth-order valence-electron chi connectivity index (χ4n) is 3.95. The summed E-state index contributed by atoms with van der Waals surface area (Å²) >= 11 is 3.13. The monoisotopic (exact) mass is 557 g/mol.